The molecule has 0 saturated heterocycles. The maximum absolute atomic E-state index is 5.71. The molecule has 1 saturated carbocycles. The Bertz CT molecular complexity index is 302. The normalized spacial score (nSPS) is 26.5. The third-order valence-electron chi connectivity index (χ3n) is 3.77. The molecule has 0 amide bonds. The summed E-state index contributed by atoms with van der Waals surface area (Å²) in [4.78, 5) is 0. The smallest absolute Gasteiger partial charge is 0.0314 e. The van der Waals surface area contributed by atoms with Gasteiger partial charge in [-0.3, -0.25) is 0 Å². The minimum absolute atomic E-state index is 0.782. The van der Waals surface area contributed by atoms with E-state index in [0.717, 1.165) is 17.5 Å². The van der Waals surface area contributed by atoms with Crippen molar-refractivity contribution in [3.63, 3.8) is 0 Å². The third-order valence-corrected chi connectivity index (χ3v) is 3.77. The van der Waals surface area contributed by atoms with Gasteiger partial charge in [0.15, 0.2) is 0 Å². The average molecular weight is 203 g/mol. The van der Waals surface area contributed by atoms with Gasteiger partial charge in [0.05, 0.1) is 0 Å². The predicted octanol–water partition coefficient (Wildman–Crippen LogP) is 3.95. The molecule has 1 fully saturated rings. The number of nitrogens with two attached hydrogens (primary N) is 1. The van der Waals surface area contributed by atoms with E-state index in [4.69, 9.17) is 5.73 Å². The largest absolute Gasteiger partial charge is 0.399 e. The van der Waals surface area contributed by atoms with E-state index in [1.165, 1.54) is 37.7 Å². The van der Waals surface area contributed by atoms with Crippen LogP contribution >= 0.6 is 0 Å². The van der Waals surface area contributed by atoms with Gasteiger partial charge in [0.25, 0.3) is 0 Å². The van der Waals surface area contributed by atoms with Gasteiger partial charge in [-0.15, -0.1) is 0 Å². The van der Waals surface area contributed by atoms with Gasteiger partial charge >= 0.3 is 0 Å². The molecule has 2 N–H and O–H groups in total. The molecule has 0 radical (unpaired) electrons. The maximum atomic E-state index is 5.71. The highest BCUT2D eigenvalue weighted by Crippen LogP contribution is 2.37. The Hall–Kier alpha value is -0.980. The van der Waals surface area contributed by atoms with Crippen molar-refractivity contribution in [3.05, 3.63) is 29.8 Å². The summed E-state index contributed by atoms with van der Waals surface area (Å²) in [6.07, 6.45) is 6.90. The van der Waals surface area contributed by atoms with E-state index >= 15 is 0 Å². The lowest BCUT2D eigenvalue weighted by molar-refractivity contribution is 0.314. The first-order valence-corrected chi connectivity index (χ1v) is 6.15. The molecule has 2 rings (SSSR count). The lowest BCUT2D eigenvalue weighted by Gasteiger charge is -2.28. The lowest BCUT2D eigenvalue weighted by atomic mass is 9.77. The number of anilines is 1. The quantitative estimate of drug-likeness (QED) is 0.723. The minimum Gasteiger partial charge on any atom is -0.399 e. The summed E-state index contributed by atoms with van der Waals surface area (Å²) in [6.45, 7) is 2.32. The second kappa shape index (κ2) is 4.69. The molecular formula is C14H21N. The molecular weight excluding hydrogens is 182 g/mol. The van der Waals surface area contributed by atoms with Gasteiger partial charge in [-0.1, -0.05) is 38.3 Å². The first-order valence-electron chi connectivity index (χ1n) is 6.15. The van der Waals surface area contributed by atoms with E-state index in [0.29, 0.717) is 0 Å². The Morgan fingerprint density at radius 2 is 1.93 bits per heavy atom. The molecule has 0 bridgehead atoms. The fraction of sp³-hybridized carbons (Fsp3) is 0.571. The molecule has 1 nitrogen and oxygen atoms in total. The Labute approximate surface area is 92.7 Å². The Morgan fingerprint density at radius 1 is 1.20 bits per heavy atom. The van der Waals surface area contributed by atoms with Gasteiger partial charge in [0, 0.05) is 5.69 Å². The zero-order valence-corrected chi connectivity index (χ0v) is 9.58. The zero-order valence-electron chi connectivity index (χ0n) is 9.58. The van der Waals surface area contributed by atoms with Gasteiger partial charge < -0.3 is 5.73 Å². The van der Waals surface area contributed by atoms with E-state index in [9.17, 15) is 0 Å². The summed E-state index contributed by atoms with van der Waals surface area (Å²) < 4.78 is 0. The Balaban J connectivity index is 2.06. The predicted molar refractivity (Wildman–Crippen MR) is 65.8 cm³/mol. The fourth-order valence-corrected chi connectivity index (χ4v) is 2.73. The van der Waals surface area contributed by atoms with Crippen LogP contribution in [0, 0.1) is 5.92 Å². The molecule has 15 heavy (non-hydrogen) atoms. The van der Waals surface area contributed by atoms with Crippen molar-refractivity contribution >= 4 is 5.69 Å². The van der Waals surface area contributed by atoms with Crippen LogP contribution in [0.3, 0.4) is 0 Å². The molecule has 1 heteroatoms. The van der Waals surface area contributed by atoms with Crippen LogP contribution in [0.2, 0.25) is 0 Å². The number of nitrogen functional groups attached to an aromatic ring is 1. The van der Waals surface area contributed by atoms with E-state index in [1.807, 2.05) is 12.1 Å². The van der Waals surface area contributed by atoms with Crippen LogP contribution in [-0.2, 0) is 0 Å². The Morgan fingerprint density at radius 3 is 2.60 bits per heavy atom. The van der Waals surface area contributed by atoms with E-state index < -0.39 is 0 Å². The van der Waals surface area contributed by atoms with Crippen LogP contribution in [0.25, 0.3) is 0 Å². The monoisotopic (exact) mass is 203 g/mol. The average Bonchev–Trinajstić information content (AvgIpc) is 2.30. The molecule has 2 unspecified atom stereocenters. The fourth-order valence-electron chi connectivity index (χ4n) is 2.73. The second-order valence-electron chi connectivity index (χ2n) is 4.80. The Kier molecular flexibility index (Phi) is 3.30. The van der Waals surface area contributed by atoms with Crippen LogP contribution < -0.4 is 5.73 Å². The highest BCUT2D eigenvalue weighted by molar-refractivity contribution is 5.40. The molecule has 1 aliphatic rings. The summed E-state index contributed by atoms with van der Waals surface area (Å²) in [7, 11) is 0. The zero-order chi connectivity index (χ0) is 10.7. The summed E-state index contributed by atoms with van der Waals surface area (Å²) in [5, 5.41) is 0. The second-order valence-corrected chi connectivity index (χ2v) is 4.80. The summed E-state index contributed by atoms with van der Waals surface area (Å²) in [5.74, 6) is 1.73. The molecule has 1 aromatic rings. The molecule has 1 aliphatic carbocycles. The highest BCUT2D eigenvalue weighted by Gasteiger charge is 2.21. The lowest BCUT2D eigenvalue weighted by Crippen LogP contribution is -2.13. The number of benzene rings is 1. The highest BCUT2D eigenvalue weighted by atomic mass is 14.5. The van der Waals surface area contributed by atoms with Crippen molar-refractivity contribution in [2.24, 2.45) is 5.92 Å². The van der Waals surface area contributed by atoms with Gasteiger partial charge in [-0.25, -0.2) is 0 Å². The first-order chi connectivity index (χ1) is 7.29. The van der Waals surface area contributed by atoms with E-state index in [1.54, 1.807) is 0 Å². The molecule has 0 spiro atoms. The standard InChI is InChI=1S/C14H21N/c1-2-11-4-3-5-13(10-11)12-6-8-14(15)9-7-12/h6-9,11,13H,2-5,10,15H2,1H3. The van der Waals surface area contributed by atoms with Gasteiger partial charge in [0.1, 0.15) is 0 Å². The summed E-state index contributed by atoms with van der Waals surface area (Å²) in [5.41, 5.74) is 8.07. The molecule has 1 aromatic carbocycles. The summed E-state index contributed by atoms with van der Waals surface area (Å²) >= 11 is 0. The van der Waals surface area contributed by atoms with Crippen molar-refractivity contribution in [1.82, 2.24) is 0 Å². The topological polar surface area (TPSA) is 26.0 Å². The number of hydrogen-bond acceptors (Lipinski definition) is 1. The van der Waals surface area contributed by atoms with Crippen LogP contribution in [0.15, 0.2) is 24.3 Å². The summed E-state index contributed by atoms with van der Waals surface area (Å²) in [6, 6.07) is 8.48. The molecule has 0 aliphatic heterocycles. The van der Waals surface area contributed by atoms with Crippen LogP contribution in [0.1, 0.15) is 50.5 Å². The molecule has 0 heterocycles. The number of rotatable bonds is 2. The van der Waals surface area contributed by atoms with E-state index in [-0.39, 0.29) is 0 Å². The van der Waals surface area contributed by atoms with Crippen LogP contribution in [-0.4, -0.2) is 0 Å². The van der Waals surface area contributed by atoms with Crippen molar-refractivity contribution in [3.8, 4) is 0 Å². The van der Waals surface area contributed by atoms with Gasteiger partial charge in [0.2, 0.25) is 0 Å². The van der Waals surface area contributed by atoms with Crippen molar-refractivity contribution in [2.45, 2.75) is 44.9 Å². The van der Waals surface area contributed by atoms with Crippen LogP contribution in [0.4, 0.5) is 5.69 Å². The molecule has 0 aromatic heterocycles. The van der Waals surface area contributed by atoms with Crippen LogP contribution in [0.5, 0.6) is 0 Å². The van der Waals surface area contributed by atoms with E-state index in [2.05, 4.69) is 19.1 Å². The minimum atomic E-state index is 0.782. The van der Waals surface area contributed by atoms with Crippen molar-refractivity contribution in [1.29, 1.82) is 0 Å². The maximum Gasteiger partial charge on any atom is 0.0314 e. The SMILES string of the molecule is CCC1CCCC(c2ccc(N)cc2)C1. The molecule has 82 valence electrons. The third kappa shape index (κ3) is 2.53. The number of hydrogen-bond donors (Lipinski definition) is 1. The molecule has 2 atom stereocenters. The van der Waals surface area contributed by atoms with Gasteiger partial charge in [-0.05, 0) is 42.4 Å². The van der Waals surface area contributed by atoms with Crippen molar-refractivity contribution < 1.29 is 0 Å². The first kappa shape index (κ1) is 10.5. The van der Waals surface area contributed by atoms with Gasteiger partial charge in [-0.2, -0.15) is 0 Å². The van der Waals surface area contributed by atoms with Crippen molar-refractivity contribution in [2.75, 3.05) is 5.73 Å².